The molecule has 112 valence electrons. The zero-order valence-electron chi connectivity index (χ0n) is 10.0. The van der Waals surface area contributed by atoms with Crippen molar-refractivity contribution in [3.8, 4) is 5.75 Å². The van der Waals surface area contributed by atoms with Crippen molar-refractivity contribution in [1.82, 2.24) is 0 Å². The largest absolute Gasteiger partial charge is 0.494 e. The molecule has 1 rings (SSSR count). The van der Waals surface area contributed by atoms with Crippen LogP contribution in [0.25, 0.3) is 0 Å². The highest BCUT2D eigenvalue weighted by Crippen LogP contribution is 2.32. The minimum absolute atomic E-state index is 0.206. The predicted octanol–water partition coefficient (Wildman–Crippen LogP) is 4.24. The summed E-state index contributed by atoms with van der Waals surface area (Å²) in [6.07, 6.45) is -10.3. The van der Waals surface area contributed by atoms with E-state index in [1.807, 2.05) is 0 Å². The average molecular weight is 300 g/mol. The van der Waals surface area contributed by atoms with Crippen molar-refractivity contribution in [2.75, 3.05) is 6.61 Å². The standard InChI is InChI=1S/C12H10F6O2/c13-11(14,15)2-1-3-20-10-5-8(7-19)4-9(6-10)12(16,17)18/h4-7H,1-3H2. The van der Waals surface area contributed by atoms with E-state index in [4.69, 9.17) is 4.74 Å². The number of hydrogen-bond donors (Lipinski definition) is 0. The minimum atomic E-state index is -4.66. The second kappa shape index (κ2) is 6.15. The van der Waals surface area contributed by atoms with Crippen LogP contribution in [0.1, 0.15) is 28.8 Å². The van der Waals surface area contributed by atoms with Crippen LogP contribution < -0.4 is 4.74 Å². The van der Waals surface area contributed by atoms with Gasteiger partial charge in [-0.2, -0.15) is 26.3 Å². The van der Waals surface area contributed by atoms with Gasteiger partial charge in [-0.25, -0.2) is 0 Å². The lowest BCUT2D eigenvalue weighted by Gasteiger charge is -2.12. The number of hydrogen-bond acceptors (Lipinski definition) is 2. The Bertz CT molecular complexity index is 464. The van der Waals surface area contributed by atoms with Crippen LogP contribution in [0.3, 0.4) is 0 Å². The topological polar surface area (TPSA) is 26.3 Å². The Morgan fingerprint density at radius 2 is 1.70 bits per heavy atom. The van der Waals surface area contributed by atoms with Gasteiger partial charge >= 0.3 is 12.4 Å². The van der Waals surface area contributed by atoms with Crippen LogP contribution in [0.15, 0.2) is 18.2 Å². The molecule has 1 aromatic rings. The number of rotatable bonds is 5. The van der Waals surface area contributed by atoms with Crippen LogP contribution in [-0.2, 0) is 6.18 Å². The first kappa shape index (κ1) is 16.3. The van der Waals surface area contributed by atoms with E-state index in [-0.39, 0.29) is 30.6 Å². The predicted molar refractivity (Wildman–Crippen MR) is 57.6 cm³/mol. The molecule has 0 saturated carbocycles. The van der Waals surface area contributed by atoms with E-state index in [1.54, 1.807) is 0 Å². The van der Waals surface area contributed by atoms with Gasteiger partial charge in [0.2, 0.25) is 0 Å². The highest BCUT2D eigenvalue weighted by Gasteiger charge is 2.31. The van der Waals surface area contributed by atoms with Crippen LogP contribution in [-0.4, -0.2) is 19.1 Å². The Labute approximate surface area is 110 Å². The number of benzene rings is 1. The van der Waals surface area contributed by atoms with Crippen molar-refractivity contribution in [3.63, 3.8) is 0 Å². The highest BCUT2D eigenvalue weighted by molar-refractivity contribution is 5.76. The molecule has 0 heterocycles. The lowest BCUT2D eigenvalue weighted by Crippen LogP contribution is -2.10. The number of carbonyl (C=O) groups excluding carboxylic acids is 1. The van der Waals surface area contributed by atoms with Gasteiger partial charge in [-0.1, -0.05) is 0 Å². The van der Waals surface area contributed by atoms with Gasteiger partial charge in [0.25, 0.3) is 0 Å². The van der Waals surface area contributed by atoms with Crippen molar-refractivity contribution in [2.24, 2.45) is 0 Å². The average Bonchev–Trinajstić information content (AvgIpc) is 2.32. The first-order chi connectivity index (χ1) is 9.12. The summed E-state index contributed by atoms with van der Waals surface area (Å²) in [7, 11) is 0. The molecule has 1 aromatic carbocycles. The molecule has 0 saturated heterocycles. The van der Waals surface area contributed by atoms with Crippen molar-refractivity contribution in [2.45, 2.75) is 25.2 Å². The molecular weight excluding hydrogens is 290 g/mol. The molecule has 0 N–H and O–H groups in total. The van der Waals surface area contributed by atoms with Gasteiger partial charge in [-0.3, -0.25) is 4.79 Å². The maximum atomic E-state index is 12.5. The quantitative estimate of drug-likeness (QED) is 0.462. The van der Waals surface area contributed by atoms with Gasteiger partial charge in [0.05, 0.1) is 12.2 Å². The minimum Gasteiger partial charge on any atom is -0.494 e. The van der Waals surface area contributed by atoms with Crippen LogP contribution in [0.4, 0.5) is 26.3 Å². The third-order valence-electron chi connectivity index (χ3n) is 2.27. The number of aldehydes is 1. The van der Waals surface area contributed by atoms with E-state index in [1.165, 1.54) is 0 Å². The van der Waals surface area contributed by atoms with Crippen molar-refractivity contribution in [3.05, 3.63) is 29.3 Å². The molecule has 0 aliphatic heterocycles. The zero-order valence-corrected chi connectivity index (χ0v) is 10.0. The number of ether oxygens (including phenoxy) is 1. The monoisotopic (exact) mass is 300 g/mol. The molecule has 0 spiro atoms. The maximum Gasteiger partial charge on any atom is 0.416 e. The first-order valence-electron chi connectivity index (χ1n) is 5.49. The molecule has 0 aliphatic rings. The van der Waals surface area contributed by atoms with Crippen LogP contribution in [0, 0.1) is 0 Å². The Morgan fingerprint density at radius 1 is 1.05 bits per heavy atom. The lowest BCUT2D eigenvalue weighted by atomic mass is 10.1. The van der Waals surface area contributed by atoms with Gasteiger partial charge in [-0.05, 0) is 24.6 Å². The summed E-state index contributed by atoms with van der Waals surface area (Å²) < 4.78 is 78.0. The molecule has 0 aromatic heterocycles. The molecule has 0 fully saturated rings. The van der Waals surface area contributed by atoms with E-state index in [9.17, 15) is 31.1 Å². The second-order valence-corrected chi connectivity index (χ2v) is 3.97. The number of carbonyl (C=O) groups is 1. The summed E-state index contributed by atoms with van der Waals surface area (Å²) in [5, 5.41) is 0. The van der Waals surface area contributed by atoms with Crippen molar-refractivity contribution in [1.29, 1.82) is 0 Å². The number of alkyl halides is 6. The summed E-state index contributed by atoms with van der Waals surface area (Å²) in [4.78, 5) is 10.5. The lowest BCUT2D eigenvalue weighted by molar-refractivity contribution is -0.137. The van der Waals surface area contributed by atoms with Crippen LogP contribution in [0.2, 0.25) is 0 Å². The molecule has 2 nitrogen and oxygen atoms in total. The smallest absolute Gasteiger partial charge is 0.416 e. The molecule has 8 heteroatoms. The normalized spacial score (nSPS) is 12.3. The van der Waals surface area contributed by atoms with E-state index in [0.717, 1.165) is 6.07 Å². The number of halogens is 6. The molecule has 20 heavy (non-hydrogen) atoms. The SMILES string of the molecule is O=Cc1cc(OCCCC(F)(F)F)cc(C(F)(F)F)c1. The van der Waals surface area contributed by atoms with E-state index >= 15 is 0 Å². The highest BCUT2D eigenvalue weighted by atomic mass is 19.4. The van der Waals surface area contributed by atoms with Gasteiger partial charge in [-0.15, -0.1) is 0 Å². The third-order valence-corrected chi connectivity index (χ3v) is 2.27. The fraction of sp³-hybridized carbons (Fsp3) is 0.417. The summed E-state index contributed by atoms with van der Waals surface area (Å²) in [6.45, 7) is -0.390. The van der Waals surface area contributed by atoms with Gasteiger partial charge in [0, 0.05) is 12.0 Å². The van der Waals surface area contributed by atoms with Crippen molar-refractivity contribution < 1.29 is 35.9 Å². The molecule has 0 bridgehead atoms. The molecule has 0 amide bonds. The van der Waals surface area contributed by atoms with E-state index in [0.29, 0.717) is 12.1 Å². The second-order valence-electron chi connectivity index (χ2n) is 3.97. The Hall–Kier alpha value is -1.73. The Kier molecular flexibility index (Phi) is 5.02. The van der Waals surface area contributed by atoms with Crippen LogP contribution >= 0.6 is 0 Å². The Morgan fingerprint density at radius 3 is 2.20 bits per heavy atom. The fourth-order valence-corrected chi connectivity index (χ4v) is 1.40. The molecular formula is C12H10F6O2. The van der Waals surface area contributed by atoms with Crippen molar-refractivity contribution >= 4 is 6.29 Å². The summed E-state index contributed by atoms with van der Waals surface area (Å²) in [5.41, 5.74) is -1.35. The first-order valence-corrected chi connectivity index (χ1v) is 5.49. The third kappa shape index (κ3) is 5.50. The fourth-order valence-electron chi connectivity index (χ4n) is 1.40. The molecule has 0 atom stereocenters. The van der Waals surface area contributed by atoms with Gasteiger partial charge in [0.1, 0.15) is 12.0 Å². The summed E-state index contributed by atoms with van der Waals surface area (Å²) in [5.74, 6) is -0.288. The Balaban J connectivity index is 2.72. The summed E-state index contributed by atoms with van der Waals surface area (Å²) >= 11 is 0. The van der Waals surface area contributed by atoms with Gasteiger partial charge in [0.15, 0.2) is 0 Å². The maximum absolute atomic E-state index is 12.5. The van der Waals surface area contributed by atoms with Crippen LogP contribution in [0.5, 0.6) is 5.75 Å². The van der Waals surface area contributed by atoms with E-state index < -0.39 is 24.3 Å². The molecule has 0 unspecified atom stereocenters. The summed E-state index contributed by atoms with van der Waals surface area (Å²) in [6, 6.07) is 2.31. The molecule has 0 radical (unpaired) electrons. The van der Waals surface area contributed by atoms with E-state index in [2.05, 4.69) is 0 Å². The zero-order chi connectivity index (χ0) is 15.4. The molecule has 0 aliphatic carbocycles. The van der Waals surface area contributed by atoms with Gasteiger partial charge < -0.3 is 4.74 Å².